The summed E-state index contributed by atoms with van der Waals surface area (Å²) < 4.78 is 41.6. The predicted octanol–water partition coefficient (Wildman–Crippen LogP) is -2.11. The molecular formula is C12H21N5O11P2. The van der Waals surface area contributed by atoms with E-state index in [1.807, 2.05) is 0 Å². The summed E-state index contributed by atoms with van der Waals surface area (Å²) in [6.07, 6.45) is -4.61. The van der Waals surface area contributed by atoms with E-state index in [1.54, 1.807) is 11.9 Å². The maximum absolute atomic E-state index is 12.2. The Kier molecular flexibility index (Phi) is 6.28. The Labute approximate surface area is 169 Å². The SMILES string of the molecule is CO[C@@H]1[C@H](O)[C@@H](COP(=O)(O)OP(=O)(O)O)O[C@H]1N1CN(C)c2c1nc(N)[nH]c2=O. The number of aromatic nitrogens is 2. The zero-order valence-corrected chi connectivity index (χ0v) is 17.5. The lowest BCUT2D eigenvalue weighted by Gasteiger charge is -2.29. The monoisotopic (exact) mass is 473 g/mol. The first kappa shape index (κ1) is 23.1. The zero-order valence-electron chi connectivity index (χ0n) is 15.7. The summed E-state index contributed by atoms with van der Waals surface area (Å²) in [6.45, 7) is -0.633. The van der Waals surface area contributed by atoms with Crippen LogP contribution in [0.25, 0.3) is 0 Å². The third kappa shape index (κ3) is 4.68. The van der Waals surface area contributed by atoms with Gasteiger partial charge in [-0.15, -0.1) is 0 Å². The van der Waals surface area contributed by atoms with Gasteiger partial charge in [-0.25, -0.2) is 9.13 Å². The number of phosphoric ester groups is 1. The smallest absolute Gasteiger partial charge is 0.387 e. The first-order valence-electron chi connectivity index (χ1n) is 8.31. The van der Waals surface area contributed by atoms with Crippen molar-refractivity contribution in [3.8, 4) is 0 Å². The number of nitrogen functional groups attached to an aromatic ring is 1. The Morgan fingerprint density at radius 1 is 1.37 bits per heavy atom. The van der Waals surface area contributed by atoms with Crippen molar-refractivity contribution in [2.24, 2.45) is 0 Å². The number of aliphatic hydroxyl groups is 1. The average Bonchev–Trinajstić information content (AvgIpc) is 3.07. The van der Waals surface area contributed by atoms with Gasteiger partial charge in [-0.3, -0.25) is 14.3 Å². The molecule has 1 fully saturated rings. The number of aromatic amines is 1. The number of H-pyrrole nitrogens is 1. The molecule has 3 heterocycles. The van der Waals surface area contributed by atoms with E-state index in [4.69, 9.17) is 25.0 Å². The second kappa shape index (κ2) is 8.16. The number of nitrogens with two attached hydrogens (primary N) is 1. The highest BCUT2D eigenvalue weighted by Crippen LogP contribution is 2.57. The number of nitrogens with one attached hydrogen (secondary N) is 1. The van der Waals surface area contributed by atoms with Crippen LogP contribution >= 0.6 is 15.6 Å². The maximum Gasteiger partial charge on any atom is 0.481 e. The van der Waals surface area contributed by atoms with Crippen molar-refractivity contribution in [1.82, 2.24) is 9.97 Å². The van der Waals surface area contributed by atoms with Crippen LogP contribution in [0.4, 0.5) is 17.5 Å². The number of hydrogen-bond acceptors (Lipinski definition) is 12. The van der Waals surface area contributed by atoms with Crippen molar-refractivity contribution < 1.29 is 47.2 Å². The topological polar surface area (TPSA) is 230 Å². The van der Waals surface area contributed by atoms with Crippen LogP contribution in [0.2, 0.25) is 0 Å². The van der Waals surface area contributed by atoms with E-state index >= 15 is 0 Å². The van der Waals surface area contributed by atoms with Gasteiger partial charge in [-0.1, -0.05) is 0 Å². The quantitative estimate of drug-likeness (QED) is 0.233. The number of aliphatic hydroxyl groups excluding tert-OH is 1. The highest BCUT2D eigenvalue weighted by Gasteiger charge is 2.50. The fourth-order valence-electron chi connectivity index (χ4n) is 3.27. The average molecular weight is 473 g/mol. The van der Waals surface area contributed by atoms with Crippen LogP contribution in [0.3, 0.4) is 0 Å². The van der Waals surface area contributed by atoms with E-state index in [0.29, 0.717) is 0 Å². The lowest BCUT2D eigenvalue weighted by Crippen LogP contribution is -2.46. The molecule has 0 amide bonds. The van der Waals surface area contributed by atoms with Crippen molar-refractivity contribution in [2.75, 3.05) is 43.0 Å². The normalized spacial score (nSPS) is 28.6. The molecular weight excluding hydrogens is 452 g/mol. The van der Waals surface area contributed by atoms with Crippen molar-refractivity contribution in [1.29, 1.82) is 0 Å². The zero-order chi connectivity index (χ0) is 22.4. The molecule has 1 aromatic heterocycles. The number of fused-ring (bicyclic) bond motifs is 1. The van der Waals surface area contributed by atoms with Crippen LogP contribution in [0.1, 0.15) is 0 Å². The molecule has 0 aromatic carbocycles. The van der Waals surface area contributed by atoms with Crippen molar-refractivity contribution in [3.05, 3.63) is 10.4 Å². The van der Waals surface area contributed by atoms with Gasteiger partial charge >= 0.3 is 15.6 Å². The Morgan fingerprint density at radius 2 is 2.03 bits per heavy atom. The summed E-state index contributed by atoms with van der Waals surface area (Å²) in [7, 11) is -7.51. The fourth-order valence-corrected chi connectivity index (χ4v) is 4.87. The molecule has 170 valence electrons. The number of phosphoric acid groups is 2. The van der Waals surface area contributed by atoms with Crippen LogP contribution in [0.15, 0.2) is 4.79 Å². The predicted molar refractivity (Wildman–Crippen MR) is 99.4 cm³/mol. The molecule has 1 aromatic rings. The number of anilines is 3. The fraction of sp³-hybridized carbons (Fsp3) is 0.667. The lowest BCUT2D eigenvalue weighted by molar-refractivity contribution is -0.0221. The minimum absolute atomic E-state index is 0.125. The highest BCUT2D eigenvalue weighted by molar-refractivity contribution is 7.60. The molecule has 18 heteroatoms. The van der Waals surface area contributed by atoms with Crippen molar-refractivity contribution in [3.63, 3.8) is 0 Å². The van der Waals surface area contributed by atoms with E-state index < -0.39 is 52.4 Å². The van der Waals surface area contributed by atoms with Gasteiger partial charge in [0.1, 0.15) is 24.0 Å². The molecule has 2 aliphatic heterocycles. The van der Waals surface area contributed by atoms with Gasteiger partial charge in [0.25, 0.3) is 5.56 Å². The molecule has 0 aliphatic carbocycles. The number of hydrogen-bond donors (Lipinski definition) is 6. The van der Waals surface area contributed by atoms with Crippen LogP contribution < -0.4 is 21.1 Å². The number of rotatable bonds is 7. The van der Waals surface area contributed by atoms with E-state index in [9.17, 15) is 23.9 Å². The Balaban J connectivity index is 1.79. The molecule has 0 bridgehead atoms. The highest BCUT2D eigenvalue weighted by atomic mass is 31.3. The van der Waals surface area contributed by atoms with Crippen molar-refractivity contribution >= 4 is 33.1 Å². The van der Waals surface area contributed by atoms with Crippen LogP contribution in [0, 0.1) is 0 Å². The largest absolute Gasteiger partial charge is 0.481 e. The van der Waals surface area contributed by atoms with Crippen molar-refractivity contribution in [2.45, 2.75) is 24.5 Å². The van der Waals surface area contributed by atoms with Crippen LogP contribution in [-0.4, -0.2) is 81.7 Å². The molecule has 0 saturated carbocycles. The minimum Gasteiger partial charge on any atom is -0.387 e. The summed E-state index contributed by atoms with van der Waals surface area (Å²) in [5.41, 5.74) is 5.35. The van der Waals surface area contributed by atoms with Crippen LogP contribution in [0.5, 0.6) is 0 Å². The van der Waals surface area contributed by atoms with Gasteiger partial charge < -0.3 is 44.8 Å². The molecule has 16 nitrogen and oxygen atoms in total. The molecule has 2 aliphatic rings. The van der Waals surface area contributed by atoms with Gasteiger partial charge in [-0.05, 0) is 0 Å². The van der Waals surface area contributed by atoms with Gasteiger partial charge in [0, 0.05) is 14.2 Å². The third-order valence-electron chi connectivity index (χ3n) is 4.42. The lowest BCUT2D eigenvalue weighted by atomic mass is 10.1. The minimum atomic E-state index is -5.30. The van der Waals surface area contributed by atoms with Gasteiger partial charge in [0.2, 0.25) is 5.95 Å². The van der Waals surface area contributed by atoms with Crippen LogP contribution in [-0.2, 0) is 27.4 Å². The van der Waals surface area contributed by atoms with E-state index in [0.717, 1.165) is 0 Å². The molecule has 1 saturated heterocycles. The number of nitrogens with zero attached hydrogens (tertiary/aromatic N) is 3. The summed E-state index contributed by atoms with van der Waals surface area (Å²) >= 11 is 0. The van der Waals surface area contributed by atoms with E-state index in [1.165, 1.54) is 12.0 Å². The second-order valence-electron chi connectivity index (χ2n) is 6.53. The summed E-state index contributed by atoms with van der Waals surface area (Å²) in [5, 5.41) is 10.5. The summed E-state index contributed by atoms with van der Waals surface area (Å²) in [6, 6.07) is 0. The van der Waals surface area contributed by atoms with Gasteiger partial charge in [0.15, 0.2) is 12.0 Å². The van der Waals surface area contributed by atoms with E-state index in [-0.39, 0.29) is 24.1 Å². The molecule has 1 unspecified atom stereocenters. The van der Waals surface area contributed by atoms with Gasteiger partial charge in [0.05, 0.1) is 13.3 Å². The Bertz CT molecular complexity index is 953. The molecule has 30 heavy (non-hydrogen) atoms. The first-order chi connectivity index (χ1) is 13.8. The number of ether oxygens (including phenoxy) is 2. The first-order valence-corrected chi connectivity index (χ1v) is 11.3. The standard InChI is InChI=1S/C12H21N5O11P2/c1-16-4-17(9-6(16)10(19)15-12(13)14-9)11-8(25-2)7(18)5(27-11)3-26-30(23,24)28-29(20,21)22/h5,7-8,11,18H,3-4H2,1-2H3,(H,23,24)(H2,20,21,22)(H3,13,14,15,19)/t5-,7-,8-,11-/m1/s1. The molecule has 5 atom stereocenters. The Morgan fingerprint density at radius 3 is 2.63 bits per heavy atom. The second-order valence-corrected chi connectivity index (χ2v) is 9.35. The maximum atomic E-state index is 12.2. The van der Waals surface area contributed by atoms with E-state index in [2.05, 4.69) is 18.8 Å². The molecule has 7 N–H and O–H groups in total. The molecule has 0 radical (unpaired) electrons. The third-order valence-corrected chi connectivity index (χ3v) is 6.57. The number of methoxy groups -OCH3 is 1. The summed E-state index contributed by atoms with van der Waals surface area (Å²) in [4.78, 5) is 48.4. The molecule has 0 spiro atoms. The molecule has 3 rings (SSSR count). The summed E-state index contributed by atoms with van der Waals surface area (Å²) in [5.74, 6) is 0.0412. The van der Waals surface area contributed by atoms with Gasteiger partial charge in [-0.2, -0.15) is 9.29 Å². The Hall–Kier alpha value is -1.58.